The Kier molecular flexibility index (Phi) is 8.27. The average Bonchev–Trinajstić information content (AvgIpc) is 2.96. The van der Waals surface area contributed by atoms with E-state index in [1.165, 1.54) is 0 Å². The molecule has 45 heavy (non-hydrogen) atoms. The van der Waals surface area contributed by atoms with Crippen LogP contribution in [0.15, 0.2) is 117 Å². The van der Waals surface area contributed by atoms with Crippen LogP contribution in [-0.2, 0) is 25.1 Å². The lowest BCUT2D eigenvalue weighted by molar-refractivity contribution is -0.385. The lowest BCUT2D eigenvalue weighted by Gasteiger charge is -2.38. The minimum Gasteiger partial charge on any atom is -0.258 e. The number of sulfone groups is 2. The van der Waals surface area contributed by atoms with Crippen molar-refractivity contribution in [1.82, 2.24) is 0 Å². The first-order valence-electron chi connectivity index (χ1n) is 12.1. The van der Waals surface area contributed by atoms with Gasteiger partial charge in [-0.25, -0.2) is 16.8 Å². The molecule has 0 bridgehead atoms. The van der Waals surface area contributed by atoms with Gasteiger partial charge in [-0.2, -0.15) is 26.3 Å². The molecule has 0 aliphatic heterocycles. The summed E-state index contributed by atoms with van der Waals surface area (Å²) in [4.78, 5) is 17.6. The predicted molar refractivity (Wildman–Crippen MR) is 143 cm³/mol. The molecule has 0 heterocycles. The molecular weight excluding hydrogens is 658 g/mol. The second kappa shape index (κ2) is 11.3. The molecule has 0 amide bonds. The fourth-order valence-electron chi connectivity index (χ4n) is 4.52. The minimum absolute atomic E-state index is 0.320. The standard InChI is InChI=1S/C27H16F6N2O8S2/c28-26(29,30)25(27(31,32)33,17-1-9-21(10-2-17)44(40,41)23-13-5-19(6-14-23)34(36)37)18-3-11-22(12-4-18)45(42,43)24-15-7-20(8-16-24)35(38)39/h1-16H. The van der Waals surface area contributed by atoms with Gasteiger partial charge in [-0.05, 0) is 59.7 Å². The Hall–Kier alpha value is -4.84. The van der Waals surface area contributed by atoms with Gasteiger partial charge in [-0.1, -0.05) is 24.3 Å². The van der Waals surface area contributed by atoms with Crippen molar-refractivity contribution >= 4 is 31.0 Å². The summed E-state index contributed by atoms with van der Waals surface area (Å²) < 4.78 is 139. The zero-order chi connectivity index (χ0) is 33.6. The van der Waals surface area contributed by atoms with Crippen molar-refractivity contribution in [1.29, 1.82) is 0 Å². The van der Waals surface area contributed by atoms with E-state index in [-0.39, 0.29) is 0 Å². The number of nitro groups is 2. The Morgan fingerprint density at radius 3 is 0.867 bits per heavy atom. The van der Waals surface area contributed by atoms with Crippen LogP contribution in [0.2, 0.25) is 0 Å². The van der Waals surface area contributed by atoms with Crippen LogP contribution >= 0.6 is 0 Å². The van der Waals surface area contributed by atoms with E-state index in [0.717, 1.165) is 48.5 Å². The molecule has 0 fully saturated rings. The van der Waals surface area contributed by atoms with Crippen molar-refractivity contribution < 1.29 is 53.0 Å². The summed E-state index contributed by atoms with van der Waals surface area (Å²) in [6, 6.07) is 10.2. The molecule has 0 spiro atoms. The lowest BCUT2D eigenvalue weighted by Crippen LogP contribution is -2.54. The smallest absolute Gasteiger partial charge is 0.258 e. The highest BCUT2D eigenvalue weighted by molar-refractivity contribution is 7.91. The molecule has 0 aromatic heterocycles. The Bertz CT molecular complexity index is 1830. The predicted octanol–water partition coefficient (Wildman–Crippen LogP) is 6.58. The van der Waals surface area contributed by atoms with Crippen LogP contribution in [-0.4, -0.2) is 39.0 Å². The van der Waals surface area contributed by atoms with E-state index >= 15 is 0 Å². The monoisotopic (exact) mass is 674 g/mol. The Labute approximate surface area is 249 Å². The molecule has 18 heteroatoms. The van der Waals surface area contributed by atoms with E-state index in [4.69, 9.17) is 0 Å². The third-order valence-electron chi connectivity index (χ3n) is 6.76. The number of non-ortho nitro benzene ring substituents is 2. The van der Waals surface area contributed by atoms with Gasteiger partial charge in [0.05, 0.1) is 29.4 Å². The van der Waals surface area contributed by atoms with E-state index in [1.54, 1.807) is 0 Å². The van der Waals surface area contributed by atoms with Crippen LogP contribution in [0.5, 0.6) is 0 Å². The quantitative estimate of drug-likeness (QED) is 0.115. The first-order valence-corrected chi connectivity index (χ1v) is 15.0. The Morgan fingerprint density at radius 2 is 0.667 bits per heavy atom. The fraction of sp³-hybridized carbons (Fsp3) is 0.111. The molecule has 0 aliphatic carbocycles. The van der Waals surface area contributed by atoms with Gasteiger partial charge in [-0.3, -0.25) is 20.2 Å². The molecule has 0 unspecified atom stereocenters. The number of nitro benzene ring substituents is 2. The minimum atomic E-state index is -6.08. The van der Waals surface area contributed by atoms with E-state index in [9.17, 15) is 63.4 Å². The summed E-state index contributed by atoms with van der Waals surface area (Å²) in [6.07, 6.45) is -12.2. The second-order valence-corrected chi connectivity index (χ2v) is 13.2. The molecule has 0 radical (unpaired) electrons. The molecule has 4 aromatic rings. The van der Waals surface area contributed by atoms with Gasteiger partial charge in [0.2, 0.25) is 25.1 Å². The summed E-state index contributed by atoms with van der Waals surface area (Å²) in [6.45, 7) is 0. The maximum absolute atomic E-state index is 14.6. The molecule has 0 N–H and O–H groups in total. The highest BCUT2D eigenvalue weighted by Gasteiger charge is 2.72. The van der Waals surface area contributed by atoms with Crippen LogP contribution < -0.4 is 0 Å². The summed E-state index contributed by atoms with van der Waals surface area (Å²) >= 11 is 0. The second-order valence-electron chi connectivity index (χ2n) is 9.30. The molecule has 4 aromatic carbocycles. The third-order valence-corrected chi connectivity index (χ3v) is 10.3. The van der Waals surface area contributed by atoms with Crippen LogP contribution in [0.25, 0.3) is 0 Å². The first-order chi connectivity index (χ1) is 20.7. The molecule has 0 saturated heterocycles. The number of benzene rings is 4. The van der Waals surface area contributed by atoms with Crippen molar-refractivity contribution in [3.8, 4) is 0 Å². The van der Waals surface area contributed by atoms with Crippen molar-refractivity contribution in [2.24, 2.45) is 0 Å². The summed E-state index contributed by atoms with van der Waals surface area (Å²) in [5, 5.41) is 21.7. The van der Waals surface area contributed by atoms with Crippen LogP contribution in [0.4, 0.5) is 37.7 Å². The number of halogens is 6. The van der Waals surface area contributed by atoms with Crippen molar-refractivity contribution in [3.05, 3.63) is 128 Å². The normalized spacial score (nSPS) is 12.9. The number of hydrogen-bond donors (Lipinski definition) is 0. The lowest BCUT2D eigenvalue weighted by atomic mass is 9.73. The van der Waals surface area contributed by atoms with Gasteiger partial charge in [-0.15, -0.1) is 0 Å². The summed E-state index contributed by atoms with van der Waals surface area (Å²) in [5.74, 6) is 0. The van der Waals surface area contributed by atoms with Gasteiger partial charge in [0.15, 0.2) is 0 Å². The highest BCUT2D eigenvalue weighted by Crippen LogP contribution is 2.56. The number of nitrogens with zero attached hydrogens (tertiary/aromatic N) is 2. The zero-order valence-corrected chi connectivity index (χ0v) is 23.6. The van der Waals surface area contributed by atoms with E-state index in [1.807, 2.05) is 0 Å². The largest absolute Gasteiger partial charge is 0.411 e. The average molecular weight is 675 g/mol. The number of hydrogen-bond acceptors (Lipinski definition) is 8. The van der Waals surface area contributed by atoms with Crippen LogP contribution in [0.1, 0.15) is 11.1 Å². The summed E-state index contributed by atoms with van der Waals surface area (Å²) in [7, 11) is -9.05. The molecular formula is C27H16F6N2O8S2. The fourth-order valence-corrected chi connectivity index (χ4v) is 7.04. The molecule has 0 saturated carbocycles. The molecule has 10 nitrogen and oxygen atoms in total. The first kappa shape index (κ1) is 33.1. The molecule has 0 aliphatic rings. The van der Waals surface area contributed by atoms with Crippen LogP contribution in [0.3, 0.4) is 0 Å². The van der Waals surface area contributed by atoms with Gasteiger partial charge in [0.25, 0.3) is 11.4 Å². The molecule has 4 rings (SSSR count). The number of rotatable bonds is 8. The van der Waals surface area contributed by atoms with Gasteiger partial charge in [0.1, 0.15) is 0 Å². The van der Waals surface area contributed by atoms with E-state index < -0.39 is 89.4 Å². The van der Waals surface area contributed by atoms with E-state index in [0.29, 0.717) is 48.5 Å². The maximum Gasteiger partial charge on any atom is 0.411 e. The highest BCUT2D eigenvalue weighted by atomic mass is 32.2. The van der Waals surface area contributed by atoms with Crippen molar-refractivity contribution in [2.75, 3.05) is 0 Å². The zero-order valence-electron chi connectivity index (χ0n) is 22.0. The van der Waals surface area contributed by atoms with Gasteiger partial charge < -0.3 is 0 Å². The molecule has 236 valence electrons. The van der Waals surface area contributed by atoms with Crippen molar-refractivity contribution in [2.45, 2.75) is 37.3 Å². The van der Waals surface area contributed by atoms with E-state index in [2.05, 4.69) is 0 Å². The topological polar surface area (TPSA) is 155 Å². The van der Waals surface area contributed by atoms with Crippen LogP contribution in [0, 0.1) is 20.2 Å². The van der Waals surface area contributed by atoms with Gasteiger partial charge >= 0.3 is 12.4 Å². The van der Waals surface area contributed by atoms with Crippen molar-refractivity contribution in [3.63, 3.8) is 0 Å². The third kappa shape index (κ3) is 5.73. The SMILES string of the molecule is O=[N+]([O-])c1ccc(S(=O)(=O)c2ccc(C(c3ccc(S(=O)(=O)c4ccc([N+](=O)[O-])cc4)cc3)(C(F)(F)F)C(F)(F)F)cc2)cc1. The Morgan fingerprint density at radius 1 is 0.444 bits per heavy atom. The molecule has 0 atom stereocenters. The van der Waals surface area contributed by atoms with Gasteiger partial charge in [0, 0.05) is 24.3 Å². The summed E-state index contributed by atoms with van der Waals surface area (Å²) in [5.41, 5.74) is -8.54. The Balaban J connectivity index is 1.81. The maximum atomic E-state index is 14.6. The number of alkyl halides is 6.